The van der Waals surface area contributed by atoms with Crippen LogP contribution in [0.1, 0.15) is 19.0 Å². The molecule has 172 valence electrons. The van der Waals surface area contributed by atoms with Gasteiger partial charge in [0.25, 0.3) is 0 Å². The molecule has 6 rings (SSSR count). The number of rotatable bonds is 5. The van der Waals surface area contributed by atoms with E-state index in [2.05, 4.69) is 35.5 Å². The lowest BCUT2D eigenvalue weighted by molar-refractivity contribution is -0.115. The number of anilines is 1. The monoisotopic (exact) mass is 463 g/mol. The number of amides is 1. The van der Waals surface area contributed by atoms with Gasteiger partial charge in [0.15, 0.2) is 11.6 Å². The Labute approximate surface area is 199 Å². The molecule has 1 aromatic carbocycles. The number of imidazole rings is 2. The Bertz CT molecular complexity index is 1710. The third kappa shape index (κ3) is 3.70. The lowest BCUT2D eigenvalue weighted by atomic mass is 10.0. The van der Waals surface area contributed by atoms with E-state index in [-0.39, 0.29) is 5.91 Å². The first-order valence-electron chi connectivity index (χ1n) is 11.2. The Kier molecular flexibility index (Phi) is 4.84. The van der Waals surface area contributed by atoms with Crippen LogP contribution >= 0.6 is 0 Å². The molecular formula is C25H21N9O. The minimum absolute atomic E-state index is 0.0545. The number of aromatic nitrogens is 8. The van der Waals surface area contributed by atoms with Crippen molar-refractivity contribution >= 4 is 33.5 Å². The molecule has 0 saturated carbocycles. The van der Waals surface area contributed by atoms with E-state index >= 15 is 0 Å². The molecule has 0 atom stereocenters. The van der Waals surface area contributed by atoms with E-state index in [1.165, 1.54) is 0 Å². The predicted molar refractivity (Wildman–Crippen MR) is 133 cm³/mol. The second kappa shape index (κ2) is 8.17. The minimum atomic E-state index is -0.0545. The van der Waals surface area contributed by atoms with Crippen molar-refractivity contribution in [3.63, 3.8) is 0 Å². The van der Waals surface area contributed by atoms with Crippen molar-refractivity contribution in [2.75, 3.05) is 5.32 Å². The highest BCUT2D eigenvalue weighted by atomic mass is 16.1. The van der Waals surface area contributed by atoms with Gasteiger partial charge in [-0.15, -0.1) is 0 Å². The van der Waals surface area contributed by atoms with E-state index < -0.39 is 0 Å². The molecule has 35 heavy (non-hydrogen) atoms. The topological polar surface area (TPSA) is 130 Å². The van der Waals surface area contributed by atoms with Gasteiger partial charge < -0.3 is 10.3 Å². The SMILES string of the molecule is CCC(=O)Nc1cncc(-c2ccc3[nH]nc(-c4nc5c(-n6cnc(C)c6)nccc5[nH]4)c3c2)c1. The van der Waals surface area contributed by atoms with E-state index in [0.717, 1.165) is 38.8 Å². The largest absolute Gasteiger partial charge is 0.336 e. The van der Waals surface area contributed by atoms with Gasteiger partial charge in [0.2, 0.25) is 5.91 Å². The number of aryl methyl sites for hydroxylation is 1. The molecular weight excluding hydrogens is 442 g/mol. The summed E-state index contributed by atoms with van der Waals surface area (Å²) in [6.45, 7) is 3.75. The van der Waals surface area contributed by atoms with Crippen molar-refractivity contribution < 1.29 is 4.79 Å². The molecule has 0 aliphatic rings. The highest BCUT2D eigenvalue weighted by Gasteiger charge is 2.16. The number of hydrogen-bond acceptors (Lipinski definition) is 6. The number of benzene rings is 1. The van der Waals surface area contributed by atoms with Crippen LogP contribution in [0.5, 0.6) is 0 Å². The second-order valence-electron chi connectivity index (χ2n) is 8.24. The van der Waals surface area contributed by atoms with Crippen molar-refractivity contribution in [1.29, 1.82) is 0 Å². The number of carbonyl (C=O) groups is 1. The van der Waals surface area contributed by atoms with Gasteiger partial charge in [0, 0.05) is 36.0 Å². The van der Waals surface area contributed by atoms with Crippen molar-refractivity contribution in [2.24, 2.45) is 0 Å². The highest BCUT2D eigenvalue weighted by molar-refractivity contribution is 5.97. The molecule has 10 heteroatoms. The van der Waals surface area contributed by atoms with E-state index in [9.17, 15) is 4.79 Å². The zero-order valence-electron chi connectivity index (χ0n) is 19.1. The third-order valence-corrected chi connectivity index (χ3v) is 5.80. The smallest absolute Gasteiger partial charge is 0.224 e. The van der Waals surface area contributed by atoms with Crippen LogP contribution in [0.4, 0.5) is 5.69 Å². The zero-order chi connectivity index (χ0) is 23.9. The summed E-state index contributed by atoms with van der Waals surface area (Å²) < 4.78 is 1.86. The van der Waals surface area contributed by atoms with Gasteiger partial charge in [0.1, 0.15) is 17.5 Å². The van der Waals surface area contributed by atoms with Gasteiger partial charge in [-0.25, -0.2) is 15.0 Å². The normalized spacial score (nSPS) is 11.4. The average Bonchev–Trinajstić information content (AvgIpc) is 3.61. The highest BCUT2D eigenvalue weighted by Crippen LogP contribution is 2.31. The molecule has 5 heterocycles. The molecule has 0 saturated heterocycles. The number of hydrogen-bond donors (Lipinski definition) is 3. The maximum Gasteiger partial charge on any atom is 0.224 e. The molecule has 0 spiro atoms. The summed E-state index contributed by atoms with van der Waals surface area (Å²) in [7, 11) is 0. The van der Waals surface area contributed by atoms with Crippen LogP contribution < -0.4 is 5.32 Å². The summed E-state index contributed by atoms with van der Waals surface area (Å²) in [4.78, 5) is 33.1. The Morgan fingerprint density at radius 2 is 2.00 bits per heavy atom. The molecule has 0 aliphatic carbocycles. The number of nitrogens with one attached hydrogen (secondary N) is 3. The molecule has 3 N–H and O–H groups in total. The van der Waals surface area contributed by atoms with E-state index in [1.54, 1.807) is 24.9 Å². The molecule has 0 bridgehead atoms. The lowest BCUT2D eigenvalue weighted by Gasteiger charge is -2.06. The summed E-state index contributed by atoms with van der Waals surface area (Å²) >= 11 is 0. The molecule has 5 aromatic heterocycles. The molecule has 0 aliphatic heterocycles. The first kappa shape index (κ1) is 20.7. The average molecular weight is 464 g/mol. The molecule has 0 unspecified atom stereocenters. The Morgan fingerprint density at radius 1 is 1.09 bits per heavy atom. The Morgan fingerprint density at radius 3 is 2.83 bits per heavy atom. The number of pyridine rings is 2. The van der Waals surface area contributed by atoms with Crippen molar-refractivity contribution in [3.05, 3.63) is 67.1 Å². The number of aromatic amines is 2. The summed E-state index contributed by atoms with van der Waals surface area (Å²) in [5.41, 5.74) is 6.58. The number of H-pyrrole nitrogens is 2. The number of nitrogens with zero attached hydrogens (tertiary/aromatic N) is 6. The summed E-state index contributed by atoms with van der Waals surface area (Å²) in [6.07, 6.45) is 9.20. The predicted octanol–water partition coefficient (Wildman–Crippen LogP) is 4.41. The van der Waals surface area contributed by atoms with Gasteiger partial charge in [-0.2, -0.15) is 5.10 Å². The van der Waals surface area contributed by atoms with Crippen molar-refractivity contribution in [1.82, 2.24) is 39.7 Å². The van der Waals surface area contributed by atoms with Crippen LogP contribution in [0, 0.1) is 6.92 Å². The minimum Gasteiger partial charge on any atom is -0.336 e. The van der Waals surface area contributed by atoms with Gasteiger partial charge in [-0.3, -0.25) is 19.4 Å². The van der Waals surface area contributed by atoms with Gasteiger partial charge >= 0.3 is 0 Å². The van der Waals surface area contributed by atoms with E-state index in [1.807, 2.05) is 54.9 Å². The fourth-order valence-corrected chi connectivity index (χ4v) is 4.05. The first-order chi connectivity index (χ1) is 17.1. The zero-order valence-corrected chi connectivity index (χ0v) is 19.1. The maximum absolute atomic E-state index is 11.8. The van der Waals surface area contributed by atoms with Crippen LogP contribution in [-0.2, 0) is 4.79 Å². The van der Waals surface area contributed by atoms with Crippen LogP contribution in [0.25, 0.3) is 50.4 Å². The molecule has 10 nitrogen and oxygen atoms in total. The lowest BCUT2D eigenvalue weighted by Crippen LogP contribution is -2.09. The van der Waals surface area contributed by atoms with Gasteiger partial charge in [-0.1, -0.05) is 13.0 Å². The molecule has 0 radical (unpaired) electrons. The van der Waals surface area contributed by atoms with Crippen LogP contribution in [0.15, 0.2) is 61.4 Å². The van der Waals surface area contributed by atoms with Crippen LogP contribution in [0.2, 0.25) is 0 Å². The Hall–Kier alpha value is -4.86. The molecule has 1 amide bonds. The standard InChI is InChI=1S/C25H21N9O/c1-3-21(35)29-17-8-16(10-26-11-17)15-4-5-19-18(9-15)22(33-32-19)24-30-20-6-7-27-25(23(20)31-24)34-12-14(2)28-13-34/h4-13H,3H2,1-2H3,(H,29,35)(H,30,31)(H,32,33). The molecule has 6 aromatic rings. The van der Waals surface area contributed by atoms with E-state index in [0.29, 0.717) is 29.4 Å². The fourth-order valence-electron chi connectivity index (χ4n) is 4.05. The second-order valence-corrected chi connectivity index (χ2v) is 8.24. The summed E-state index contributed by atoms with van der Waals surface area (Å²) in [5, 5.41) is 11.4. The Balaban J connectivity index is 1.43. The van der Waals surface area contributed by atoms with Crippen molar-refractivity contribution in [3.8, 4) is 28.5 Å². The van der Waals surface area contributed by atoms with Crippen LogP contribution in [0.3, 0.4) is 0 Å². The van der Waals surface area contributed by atoms with E-state index in [4.69, 9.17) is 4.98 Å². The van der Waals surface area contributed by atoms with Crippen LogP contribution in [-0.4, -0.2) is 45.6 Å². The molecule has 0 fully saturated rings. The first-order valence-corrected chi connectivity index (χ1v) is 11.2. The third-order valence-electron chi connectivity index (χ3n) is 5.80. The maximum atomic E-state index is 11.8. The summed E-state index contributed by atoms with van der Waals surface area (Å²) in [6, 6.07) is 9.81. The number of fused-ring (bicyclic) bond motifs is 2. The van der Waals surface area contributed by atoms with Gasteiger partial charge in [0.05, 0.1) is 28.6 Å². The fraction of sp³-hybridized carbons (Fsp3) is 0.120. The quantitative estimate of drug-likeness (QED) is 0.347. The van der Waals surface area contributed by atoms with Crippen molar-refractivity contribution in [2.45, 2.75) is 20.3 Å². The number of carbonyl (C=O) groups excluding carboxylic acids is 1. The van der Waals surface area contributed by atoms with Gasteiger partial charge in [-0.05, 0) is 36.8 Å². The summed E-state index contributed by atoms with van der Waals surface area (Å²) in [5.74, 6) is 1.28.